The van der Waals surface area contributed by atoms with Crippen LogP contribution in [0.5, 0.6) is 0 Å². The first-order chi connectivity index (χ1) is 8.39. The highest BCUT2D eigenvalue weighted by atomic mass is 19.4. The van der Waals surface area contributed by atoms with Gasteiger partial charge in [-0.05, 0) is 23.8 Å². The molecule has 94 valence electrons. The van der Waals surface area contributed by atoms with Gasteiger partial charge in [-0.2, -0.15) is 13.2 Å². The summed E-state index contributed by atoms with van der Waals surface area (Å²) in [6.45, 7) is 0. The van der Waals surface area contributed by atoms with E-state index >= 15 is 0 Å². The molecule has 0 bridgehead atoms. The van der Waals surface area contributed by atoms with Crippen LogP contribution in [0.1, 0.15) is 16.1 Å². The smallest absolute Gasteiger partial charge is 0.416 e. The molecule has 0 fully saturated rings. The van der Waals surface area contributed by atoms with Crippen molar-refractivity contribution in [3.05, 3.63) is 47.8 Å². The van der Waals surface area contributed by atoms with Crippen molar-refractivity contribution >= 4 is 5.97 Å². The van der Waals surface area contributed by atoms with E-state index < -0.39 is 17.7 Å². The highest BCUT2D eigenvalue weighted by molar-refractivity contribution is 5.94. The van der Waals surface area contributed by atoms with Crippen LogP contribution in [0.2, 0.25) is 0 Å². The molecule has 0 aliphatic carbocycles. The van der Waals surface area contributed by atoms with Crippen LogP contribution in [0, 0.1) is 0 Å². The van der Waals surface area contributed by atoms with Gasteiger partial charge in [-0.25, -0.2) is 4.79 Å². The predicted octanol–water partition coefficient (Wildman–Crippen LogP) is 3.40. The lowest BCUT2D eigenvalue weighted by Gasteiger charge is -2.07. The van der Waals surface area contributed by atoms with Crippen LogP contribution in [0.3, 0.4) is 0 Å². The fourth-order valence-corrected chi connectivity index (χ4v) is 1.63. The summed E-state index contributed by atoms with van der Waals surface area (Å²) in [6.07, 6.45) is -2.97. The van der Waals surface area contributed by atoms with Crippen LogP contribution >= 0.6 is 0 Å². The number of aromatic carboxylic acids is 1. The lowest BCUT2D eigenvalue weighted by atomic mass is 10.0. The van der Waals surface area contributed by atoms with Crippen molar-refractivity contribution in [2.24, 2.45) is 0 Å². The third kappa shape index (κ3) is 2.22. The molecule has 0 saturated carbocycles. The molecule has 0 aliphatic rings. The van der Waals surface area contributed by atoms with E-state index in [1.54, 1.807) is 0 Å². The number of carboxylic acids is 1. The molecule has 2 N–H and O–H groups in total. The number of aromatic nitrogens is 1. The second kappa shape index (κ2) is 4.21. The highest BCUT2D eigenvalue weighted by Gasteiger charge is 2.30. The molecule has 2 rings (SSSR count). The predicted molar refractivity (Wildman–Crippen MR) is 58.2 cm³/mol. The maximum absolute atomic E-state index is 12.4. The molecule has 6 heteroatoms. The van der Waals surface area contributed by atoms with E-state index in [-0.39, 0.29) is 5.69 Å². The van der Waals surface area contributed by atoms with Crippen molar-refractivity contribution in [1.29, 1.82) is 0 Å². The number of benzene rings is 1. The van der Waals surface area contributed by atoms with E-state index in [4.69, 9.17) is 5.11 Å². The molecular formula is C12H8F3NO2. The molecule has 0 unspecified atom stereocenters. The Morgan fingerprint density at radius 1 is 1.11 bits per heavy atom. The Morgan fingerprint density at radius 2 is 1.72 bits per heavy atom. The van der Waals surface area contributed by atoms with Crippen LogP contribution in [0.4, 0.5) is 13.2 Å². The number of carboxylic acid groups (broad SMARTS) is 1. The fourth-order valence-electron chi connectivity index (χ4n) is 1.63. The molecule has 1 aromatic carbocycles. The standard InChI is InChI=1S/C12H8F3NO2/c13-12(14,15)8-3-1-7(2-4-8)9-5-6-16-10(9)11(17)18/h1-6,16H,(H,17,18). The molecule has 0 saturated heterocycles. The van der Waals surface area contributed by atoms with Crippen molar-refractivity contribution in [3.8, 4) is 11.1 Å². The van der Waals surface area contributed by atoms with Gasteiger partial charge in [0.25, 0.3) is 0 Å². The first kappa shape index (κ1) is 12.2. The van der Waals surface area contributed by atoms with Crippen molar-refractivity contribution in [3.63, 3.8) is 0 Å². The molecule has 1 heterocycles. The molecule has 0 atom stereocenters. The summed E-state index contributed by atoms with van der Waals surface area (Å²) >= 11 is 0. The summed E-state index contributed by atoms with van der Waals surface area (Å²) in [5.41, 5.74) is -0.0358. The van der Waals surface area contributed by atoms with Gasteiger partial charge in [-0.3, -0.25) is 0 Å². The SMILES string of the molecule is O=C(O)c1[nH]ccc1-c1ccc(C(F)(F)F)cc1. The normalized spacial score (nSPS) is 11.5. The molecule has 0 spiro atoms. The summed E-state index contributed by atoms with van der Waals surface area (Å²) < 4.78 is 37.1. The molecule has 3 nitrogen and oxygen atoms in total. The Balaban J connectivity index is 2.41. The lowest BCUT2D eigenvalue weighted by Crippen LogP contribution is -2.04. The van der Waals surface area contributed by atoms with Crippen molar-refractivity contribution < 1.29 is 23.1 Å². The maximum Gasteiger partial charge on any atom is 0.416 e. The maximum atomic E-state index is 12.4. The molecule has 1 aromatic heterocycles. The molecular weight excluding hydrogens is 247 g/mol. The van der Waals surface area contributed by atoms with Gasteiger partial charge in [0.1, 0.15) is 5.69 Å². The van der Waals surface area contributed by atoms with Crippen LogP contribution in [-0.4, -0.2) is 16.1 Å². The van der Waals surface area contributed by atoms with Gasteiger partial charge < -0.3 is 10.1 Å². The second-order valence-electron chi connectivity index (χ2n) is 3.65. The monoisotopic (exact) mass is 255 g/mol. The van der Waals surface area contributed by atoms with Gasteiger partial charge in [-0.15, -0.1) is 0 Å². The van der Waals surface area contributed by atoms with Gasteiger partial charge >= 0.3 is 12.1 Å². The molecule has 2 aromatic rings. The average molecular weight is 255 g/mol. The molecule has 18 heavy (non-hydrogen) atoms. The third-order valence-electron chi connectivity index (χ3n) is 2.48. The minimum atomic E-state index is -4.40. The summed E-state index contributed by atoms with van der Waals surface area (Å²) in [7, 11) is 0. The minimum absolute atomic E-state index is 0.0465. The summed E-state index contributed by atoms with van der Waals surface area (Å²) in [4.78, 5) is 13.4. The van der Waals surface area contributed by atoms with E-state index in [9.17, 15) is 18.0 Å². The second-order valence-corrected chi connectivity index (χ2v) is 3.65. The Bertz CT molecular complexity index is 570. The Kier molecular flexibility index (Phi) is 2.86. The number of halogens is 3. The first-order valence-electron chi connectivity index (χ1n) is 4.98. The van der Waals surface area contributed by atoms with Crippen LogP contribution in [-0.2, 0) is 6.18 Å². The lowest BCUT2D eigenvalue weighted by molar-refractivity contribution is -0.137. The van der Waals surface area contributed by atoms with Gasteiger partial charge in [-0.1, -0.05) is 12.1 Å². The average Bonchev–Trinajstić information content (AvgIpc) is 2.77. The first-order valence-corrected chi connectivity index (χ1v) is 4.98. The third-order valence-corrected chi connectivity index (χ3v) is 2.48. The van der Waals surface area contributed by atoms with Crippen molar-refractivity contribution in [1.82, 2.24) is 4.98 Å². The minimum Gasteiger partial charge on any atom is -0.477 e. The number of nitrogens with one attached hydrogen (secondary N) is 1. The topological polar surface area (TPSA) is 53.1 Å². The summed E-state index contributed by atoms with van der Waals surface area (Å²) in [6, 6.07) is 5.85. The summed E-state index contributed by atoms with van der Waals surface area (Å²) in [5, 5.41) is 8.89. The zero-order valence-electron chi connectivity index (χ0n) is 8.95. The van der Waals surface area contributed by atoms with Gasteiger partial charge in [0.05, 0.1) is 5.56 Å². The Hall–Kier alpha value is -2.24. The zero-order chi connectivity index (χ0) is 13.3. The number of carbonyl (C=O) groups is 1. The van der Waals surface area contributed by atoms with Gasteiger partial charge in [0.2, 0.25) is 0 Å². The van der Waals surface area contributed by atoms with E-state index in [1.165, 1.54) is 24.4 Å². The van der Waals surface area contributed by atoms with E-state index in [0.717, 1.165) is 12.1 Å². The number of rotatable bonds is 2. The molecule has 0 aliphatic heterocycles. The number of aromatic amines is 1. The number of hydrogen-bond donors (Lipinski definition) is 2. The van der Waals surface area contributed by atoms with Crippen LogP contribution < -0.4 is 0 Å². The van der Waals surface area contributed by atoms with E-state index in [1.807, 2.05) is 0 Å². The fraction of sp³-hybridized carbons (Fsp3) is 0.0833. The number of H-pyrrole nitrogens is 1. The van der Waals surface area contributed by atoms with E-state index in [0.29, 0.717) is 11.1 Å². The zero-order valence-corrected chi connectivity index (χ0v) is 8.95. The largest absolute Gasteiger partial charge is 0.477 e. The van der Waals surface area contributed by atoms with Crippen molar-refractivity contribution in [2.75, 3.05) is 0 Å². The quantitative estimate of drug-likeness (QED) is 0.864. The van der Waals surface area contributed by atoms with Crippen molar-refractivity contribution in [2.45, 2.75) is 6.18 Å². The van der Waals surface area contributed by atoms with Crippen LogP contribution in [0.15, 0.2) is 36.5 Å². The Labute approximate surface area is 99.9 Å². The van der Waals surface area contributed by atoms with Gasteiger partial charge in [0, 0.05) is 11.8 Å². The highest BCUT2D eigenvalue weighted by Crippen LogP contribution is 2.31. The van der Waals surface area contributed by atoms with E-state index in [2.05, 4.69) is 4.98 Å². The van der Waals surface area contributed by atoms with Gasteiger partial charge in [0.15, 0.2) is 0 Å². The number of alkyl halides is 3. The molecule has 0 amide bonds. The Morgan fingerprint density at radius 3 is 2.22 bits per heavy atom. The number of hydrogen-bond acceptors (Lipinski definition) is 1. The van der Waals surface area contributed by atoms with Crippen LogP contribution in [0.25, 0.3) is 11.1 Å². The summed E-state index contributed by atoms with van der Waals surface area (Å²) in [5.74, 6) is -1.16. The molecule has 0 radical (unpaired) electrons.